The van der Waals surface area contributed by atoms with Crippen LogP contribution in [0.3, 0.4) is 0 Å². The summed E-state index contributed by atoms with van der Waals surface area (Å²) in [7, 11) is 1.50. The maximum absolute atomic E-state index is 9.34. The van der Waals surface area contributed by atoms with Crippen molar-refractivity contribution in [1.82, 2.24) is 4.98 Å². The molecule has 0 N–H and O–H groups in total. The highest BCUT2D eigenvalue weighted by Crippen LogP contribution is 2.39. The Morgan fingerprint density at radius 3 is 2.53 bits per heavy atom. The van der Waals surface area contributed by atoms with Crippen molar-refractivity contribution >= 4 is 23.4 Å². The minimum atomic E-state index is 0.301. The molecule has 0 amide bonds. The van der Waals surface area contributed by atoms with Gasteiger partial charge in [0.25, 0.3) is 0 Å². The third-order valence-electron chi connectivity index (χ3n) is 2.64. The van der Waals surface area contributed by atoms with Crippen LogP contribution in [0.2, 0.25) is 5.02 Å². The van der Waals surface area contributed by atoms with Gasteiger partial charge in [-0.15, -0.1) is 11.8 Å². The Kier molecular flexibility index (Phi) is 4.31. The number of pyridine rings is 1. The van der Waals surface area contributed by atoms with E-state index in [9.17, 15) is 5.26 Å². The van der Waals surface area contributed by atoms with Gasteiger partial charge in [0.05, 0.1) is 12.1 Å². The van der Waals surface area contributed by atoms with Crippen molar-refractivity contribution in [2.45, 2.75) is 5.03 Å². The van der Waals surface area contributed by atoms with Crippen LogP contribution in [0.5, 0.6) is 5.88 Å². The van der Waals surface area contributed by atoms with Gasteiger partial charge in [-0.05, 0) is 11.8 Å². The zero-order valence-corrected chi connectivity index (χ0v) is 12.0. The third-order valence-corrected chi connectivity index (χ3v) is 3.80. The molecule has 0 fully saturated rings. The van der Waals surface area contributed by atoms with Crippen molar-refractivity contribution in [3.8, 4) is 23.1 Å². The molecule has 0 bridgehead atoms. The highest BCUT2D eigenvalue weighted by molar-refractivity contribution is 7.98. The number of ether oxygens (including phenoxy) is 1. The lowest BCUT2D eigenvalue weighted by Gasteiger charge is -2.13. The van der Waals surface area contributed by atoms with E-state index < -0.39 is 0 Å². The van der Waals surface area contributed by atoms with E-state index in [0.29, 0.717) is 27.1 Å². The van der Waals surface area contributed by atoms with Crippen LogP contribution >= 0.6 is 23.4 Å². The SMILES string of the molecule is COc1nc(SC)c(Cl)c(-c2ccccc2)c1C#N. The van der Waals surface area contributed by atoms with Crippen LogP contribution in [0, 0.1) is 11.3 Å². The van der Waals surface area contributed by atoms with Gasteiger partial charge in [0.15, 0.2) is 0 Å². The second-order valence-corrected chi connectivity index (χ2v) is 4.85. The Balaban J connectivity index is 2.81. The predicted octanol–water partition coefficient (Wildman–Crippen LogP) is 4.00. The minimum absolute atomic E-state index is 0.301. The molecule has 2 rings (SSSR count). The number of rotatable bonds is 3. The normalized spacial score (nSPS) is 10.0. The molecule has 19 heavy (non-hydrogen) atoms. The van der Waals surface area contributed by atoms with E-state index in [1.54, 1.807) is 0 Å². The van der Waals surface area contributed by atoms with Crippen molar-refractivity contribution in [3.05, 3.63) is 40.9 Å². The molecule has 0 unspecified atom stereocenters. The Bertz CT molecular complexity index is 638. The van der Waals surface area contributed by atoms with E-state index in [1.807, 2.05) is 36.6 Å². The van der Waals surface area contributed by atoms with Gasteiger partial charge in [-0.3, -0.25) is 0 Å². The number of methoxy groups -OCH3 is 1. The molecule has 0 atom stereocenters. The Hall–Kier alpha value is -1.70. The highest BCUT2D eigenvalue weighted by Gasteiger charge is 2.20. The van der Waals surface area contributed by atoms with Gasteiger partial charge in [0, 0.05) is 5.56 Å². The van der Waals surface area contributed by atoms with E-state index in [2.05, 4.69) is 11.1 Å². The van der Waals surface area contributed by atoms with Crippen LogP contribution in [0.1, 0.15) is 5.56 Å². The Morgan fingerprint density at radius 1 is 1.32 bits per heavy atom. The van der Waals surface area contributed by atoms with Crippen LogP contribution in [0.15, 0.2) is 35.4 Å². The molecule has 2 aromatic rings. The Labute approximate surface area is 121 Å². The molecule has 0 saturated carbocycles. The Morgan fingerprint density at radius 2 is 2.00 bits per heavy atom. The van der Waals surface area contributed by atoms with Crippen LogP contribution in [-0.2, 0) is 0 Å². The van der Waals surface area contributed by atoms with E-state index in [1.165, 1.54) is 18.9 Å². The minimum Gasteiger partial charge on any atom is -0.480 e. The molecule has 1 heterocycles. The lowest BCUT2D eigenvalue weighted by Crippen LogP contribution is -1.98. The summed E-state index contributed by atoms with van der Waals surface area (Å²) in [6, 6.07) is 11.7. The molecule has 0 spiro atoms. The average Bonchev–Trinajstić information content (AvgIpc) is 2.47. The summed E-state index contributed by atoms with van der Waals surface area (Å²) in [5, 5.41) is 10.5. The summed E-state index contributed by atoms with van der Waals surface area (Å²) in [5.74, 6) is 0.301. The van der Waals surface area contributed by atoms with E-state index >= 15 is 0 Å². The third kappa shape index (κ3) is 2.53. The predicted molar refractivity (Wildman–Crippen MR) is 77.7 cm³/mol. The number of halogens is 1. The first kappa shape index (κ1) is 13.7. The molecular weight excluding hydrogens is 280 g/mol. The van der Waals surface area contributed by atoms with Gasteiger partial charge >= 0.3 is 0 Å². The summed E-state index contributed by atoms with van der Waals surface area (Å²) in [4.78, 5) is 4.25. The van der Waals surface area contributed by atoms with Crippen molar-refractivity contribution in [2.75, 3.05) is 13.4 Å². The number of nitrogens with zero attached hydrogens (tertiary/aromatic N) is 2. The van der Waals surface area contributed by atoms with Crippen molar-refractivity contribution in [2.24, 2.45) is 0 Å². The van der Waals surface area contributed by atoms with Crippen molar-refractivity contribution in [1.29, 1.82) is 5.26 Å². The van der Waals surface area contributed by atoms with Crippen LogP contribution < -0.4 is 4.74 Å². The molecule has 96 valence electrons. The van der Waals surface area contributed by atoms with Crippen molar-refractivity contribution in [3.63, 3.8) is 0 Å². The smallest absolute Gasteiger partial charge is 0.233 e. The summed E-state index contributed by atoms with van der Waals surface area (Å²) in [6.45, 7) is 0. The molecule has 0 radical (unpaired) electrons. The van der Waals surface area contributed by atoms with Gasteiger partial charge < -0.3 is 4.74 Å². The monoisotopic (exact) mass is 290 g/mol. The molecule has 5 heteroatoms. The number of nitriles is 1. The summed E-state index contributed by atoms with van der Waals surface area (Å²) in [5.41, 5.74) is 1.90. The molecule has 0 saturated heterocycles. The van der Waals surface area contributed by atoms with E-state index in [-0.39, 0.29) is 0 Å². The average molecular weight is 291 g/mol. The van der Waals surface area contributed by atoms with Crippen LogP contribution in [0.25, 0.3) is 11.1 Å². The number of hydrogen-bond donors (Lipinski definition) is 0. The summed E-state index contributed by atoms with van der Waals surface area (Å²) in [6.07, 6.45) is 1.88. The maximum Gasteiger partial charge on any atom is 0.233 e. The maximum atomic E-state index is 9.34. The highest BCUT2D eigenvalue weighted by atomic mass is 35.5. The quantitative estimate of drug-likeness (QED) is 0.802. The molecule has 3 nitrogen and oxygen atoms in total. The largest absolute Gasteiger partial charge is 0.480 e. The fourth-order valence-electron chi connectivity index (χ4n) is 1.78. The molecule has 1 aromatic heterocycles. The van der Waals surface area contributed by atoms with Gasteiger partial charge in [-0.2, -0.15) is 5.26 Å². The molecule has 0 aliphatic rings. The summed E-state index contributed by atoms with van der Waals surface area (Å²) >= 11 is 7.79. The molecule has 0 aliphatic heterocycles. The zero-order valence-electron chi connectivity index (χ0n) is 10.5. The van der Waals surface area contributed by atoms with E-state index in [0.717, 1.165) is 5.56 Å². The first-order valence-electron chi connectivity index (χ1n) is 5.50. The lowest BCUT2D eigenvalue weighted by atomic mass is 10.0. The lowest BCUT2D eigenvalue weighted by molar-refractivity contribution is 0.393. The first-order chi connectivity index (χ1) is 9.22. The number of benzene rings is 1. The second kappa shape index (κ2) is 5.96. The van der Waals surface area contributed by atoms with Crippen LogP contribution in [-0.4, -0.2) is 18.3 Å². The summed E-state index contributed by atoms with van der Waals surface area (Å²) < 4.78 is 5.19. The number of hydrogen-bond acceptors (Lipinski definition) is 4. The number of thioether (sulfide) groups is 1. The van der Waals surface area contributed by atoms with Gasteiger partial charge in [-0.25, -0.2) is 4.98 Å². The fourth-order valence-corrected chi connectivity index (χ4v) is 2.72. The van der Waals surface area contributed by atoms with Crippen molar-refractivity contribution < 1.29 is 4.74 Å². The molecule has 1 aromatic carbocycles. The zero-order chi connectivity index (χ0) is 13.8. The van der Waals surface area contributed by atoms with E-state index in [4.69, 9.17) is 16.3 Å². The molecule has 0 aliphatic carbocycles. The first-order valence-corrected chi connectivity index (χ1v) is 7.10. The van der Waals surface area contributed by atoms with Crippen LogP contribution in [0.4, 0.5) is 0 Å². The number of aromatic nitrogens is 1. The fraction of sp³-hybridized carbons (Fsp3) is 0.143. The van der Waals surface area contributed by atoms with Gasteiger partial charge in [-0.1, -0.05) is 41.9 Å². The standard InChI is InChI=1S/C14H11ClN2OS/c1-18-13-10(8-16)11(9-6-4-3-5-7-9)12(15)14(17-13)19-2/h3-7H,1-2H3. The topological polar surface area (TPSA) is 45.9 Å². The second-order valence-electron chi connectivity index (χ2n) is 3.67. The molecular formula is C14H11ClN2OS. The van der Waals surface area contributed by atoms with Gasteiger partial charge in [0.2, 0.25) is 5.88 Å². The van der Waals surface area contributed by atoms with Gasteiger partial charge in [0.1, 0.15) is 16.7 Å².